The molecule has 0 bridgehead atoms. The number of hydrogen-bond donors (Lipinski definition) is 1. The van der Waals surface area contributed by atoms with Crippen LogP contribution in [0.4, 0.5) is 10.2 Å². The molecule has 0 saturated carbocycles. The zero-order valence-electron chi connectivity index (χ0n) is 10.2. The van der Waals surface area contributed by atoms with Crippen LogP contribution in [-0.4, -0.2) is 9.97 Å². The Kier molecular flexibility index (Phi) is 3.48. The van der Waals surface area contributed by atoms with E-state index in [1.165, 1.54) is 6.07 Å². The third-order valence-electron chi connectivity index (χ3n) is 2.79. The van der Waals surface area contributed by atoms with E-state index in [9.17, 15) is 4.39 Å². The summed E-state index contributed by atoms with van der Waals surface area (Å²) in [5.74, 6) is 0.129. The molecule has 1 aromatic heterocycles. The number of nitrogens with two attached hydrogens (primary N) is 1. The Hall–Kier alpha value is -1.68. The summed E-state index contributed by atoms with van der Waals surface area (Å²) < 4.78 is 13.9. The van der Waals surface area contributed by atoms with Crippen LogP contribution in [0.15, 0.2) is 18.2 Å². The topological polar surface area (TPSA) is 51.8 Å². The number of aryl methyl sites for hydroxylation is 1. The van der Waals surface area contributed by atoms with Crippen molar-refractivity contribution in [3.05, 3.63) is 40.3 Å². The van der Waals surface area contributed by atoms with Crippen molar-refractivity contribution >= 4 is 17.4 Å². The largest absolute Gasteiger partial charge is 0.383 e. The minimum Gasteiger partial charge on any atom is -0.383 e. The van der Waals surface area contributed by atoms with Crippen molar-refractivity contribution in [2.75, 3.05) is 5.73 Å². The van der Waals surface area contributed by atoms with Gasteiger partial charge in [0.15, 0.2) is 11.6 Å². The highest BCUT2D eigenvalue weighted by atomic mass is 35.5. The molecule has 0 aliphatic heterocycles. The summed E-state index contributed by atoms with van der Waals surface area (Å²) in [5.41, 5.74) is 7.77. The van der Waals surface area contributed by atoms with Crippen molar-refractivity contribution in [1.29, 1.82) is 0 Å². The maximum absolute atomic E-state index is 13.9. The van der Waals surface area contributed by atoms with Crippen LogP contribution in [0.2, 0.25) is 5.02 Å². The lowest BCUT2D eigenvalue weighted by Gasteiger charge is -2.09. The molecule has 0 amide bonds. The normalized spacial score (nSPS) is 10.7. The Morgan fingerprint density at radius 2 is 2.06 bits per heavy atom. The summed E-state index contributed by atoms with van der Waals surface area (Å²) in [6, 6.07) is 4.72. The van der Waals surface area contributed by atoms with Crippen molar-refractivity contribution in [1.82, 2.24) is 9.97 Å². The Morgan fingerprint density at radius 3 is 2.67 bits per heavy atom. The summed E-state index contributed by atoms with van der Waals surface area (Å²) in [4.78, 5) is 8.43. The average Bonchev–Trinajstić information content (AvgIpc) is 2.32. The van der Waals surface area contributed by atoms with E-state index in [1.807, 2.05) is 13.8 Å². The monoisotopic (exact) mass is 265 g/mol. The number of anilines is 1. The number of rotatable bonds is 2. The molecule has 0 aliphatic rings. The Labute approximate surface area is 110 Å². The number of nitrogen functional groups attached to an aromatic ring is 1. The summed E-state index contributed by atoms with van der Waals surface area (Å²) in [5, 5.41) is 0.0480. The number of benzene rings is 1. The fourth-order valence-corrected chi connectivity index (χ4v) is 2.03. The molecule has 18 heavy (non-hydrogen) atoms. The fourth-order valence-electron chi connectivity index (χ4n) is 1.85. The van der Waals surface area contributed by atoms with Crippen molar-refractivity contribution in [2.45, 2.75) is 20.3 Å². The summed E-state index contributed by atoms with van der Waals surface area (Å²) >= 11 is 5.74. The van der Waals surface area contributed by atoms with Gasteiger partial charge in [-0.15, -0.1) is 0 Å². The van der Waals surface area contributed by atoms with Gasteiger partial charge in [-0.25, -0.2) is 14.4 Å². The molecule has 2 N–H and O–H groups in total. The second kappa shape index (κ2) is 4.90. The third-order valence-corrected chi connectivity index (χ3v) is 3.08. The molecule has 0 fully saturated rings. The zero-order valence-corrected chi connectivity index (χ0v) is 10.9. The Morgan fingerprint density at radius 1 is 1.33 bits per heavy atom. The fraction of sp³-hybridized carbons (Fsp3) is 0.231. The first-order chi connectivity index (χ1) is 8.54. The first-order valence-corrected chi connectivity index (χ1v) is 5.99. The summed E-state index contributed by atoms with van der Waals surface area (Å²) in [6.07, 6.45) is 0.746. The second-order valence-electron chi connectivity index (χ2n) is 3.95. The predicted molar refractivity (Wildman–Crippen MR) is 71.0 cm³/mol. The van der Waals surface area contributed by atoms with Gasteiger partial charge in [-0.3, -0.25) is 0 Å². The van der Waals surface area contributed by atoms with E-state index < -0.39 is 5.82 Å². The van der Waals surface area contributed by atoms with E-state index >= 15 is 0 Å². The van der Waals surface area contributed by atoms with Gasteiger partial charge in [-0.1, -0.05) is 24.6 Å². The van der Waals surface area contributed by atoms with Gasteiger partial charge in [0.2, 0.25) is 0 Å². The van der Waals surface area contributed by atoms with Gasteiger partial charge in [-0.2, -0.15) is 0 Å². The van der Waals surface area contributed by atoms with E-state index in [0.717, 1.165) is 17.7 Å². The molecule has 0 unspecified atom stereocenters. The van der Waals surface area contributed by atoms with Gasteiger partial charge in [0.25, 0.3) is 0 Å². The third kappa shape index (κ3) is 2.16. The molecule has 2 rings (SSSR count). The van der Waals surface area contributed by atoms with Crippen LogP contribution >= 0.6 is 11.6 Å². The Balaban J connectivity index is 2.62. The van der Waals surface area contributed by atoms with E-state index in [4.69, 9.17) is 17.3 Å². The SMILES string of the molecule is CCc1c(C)nc(-c2cccc(Cl)c2F)nc1N. The number of aromatic nitrogens is 2. The molecular weight excluding hydrogens is 253 g/mol. The zero-order chi connectivity index (χ0) is 13.3. The Bertz CT molecular complexity index is 576. The molecule has 94 valence electrons. The van der Waals surface area contributed by atoms with Crippen molar-refractivity contribution in [3.8, 4) is 11.4 Å². The van der Waals surface area contributed by atoms with Crippen LogP contribution in [0.3, 0.4) is 0 Å². The lowest BCUT2D eigenvalue weighted by Crippen LogP contribution is -2.05. The van der Waals surface area contributed by atoms with Gasteiger partial charge in [0.05, 0.1) is 10.6 Å². The molecule has 0 spiro atoms. The van der Waals surface area contributed by atoms with E-state index in [0.29, 0.717) is 5.82 Å². The molecule has 5 heteroatoms. The average molecular weight is 266 g/mol. The number of hydrogen-bond acceptors (Lipinski definition) is 3. The van der Waals surface area contributed by atoms with Crippen LogP contribution in [0.25, 0.3) is 11.4 Å². The van der Waals surface area contributed by atoms with Gasteiger partial charge in [0, 0.05) is 11.3 Å². The molecular formula is C13H13ClFN3. The van der Waals surface area contributed by atoms with Crippen molar-refractivity contribution < 1.29 is 4.39 Å². The lowest BCUT2D eigenvalue weighted by molar-refractivity contribution is 0.630. The first kappa shape index (κ1) is 12.8. The predicted octanol–water partition coefficient (Wildman–Crippen LogP) is 3.39. The minimum absolute atomic E-state index is 0.0480. The highest BCUT2D eigenvalue weighted by Crippen LogP contribution is 2.27. The van der Waals surface area contributed by atoms with Crippen LogP contribution in [-0.2, 0) is 6.42 Å². The highest BCUT2D eigenvalue weighted by Gasteiger charge is 2.14. The van der Waals surface area contributed by atoms with Gasteiger partial charge < -0.3 is 5.73 Å². The van der Waals surface area contributed by atoms with E-state index in [2.05, 4.69) is 9.97 Å². The van der Waals surface area contributed by atoms with Gasteiger partial charge in [-0.05, 0) is 25.5 Å². The molecule has 0 saturated heterocycles. The maximum Gasteiger partial charge on any atom is 0.164 e. The highest BCUT2D eigenvalue weighted by molar-refractivity contribution is 6.31. The molecule has 0 atom stereocenters. The van der Waals surface area contributed by atoms with Crippen molar-refractivity contribution in [2.24, 2.45) is 0 Å². The number of nitrogens with zero attached hydrogens (tertiary/aromatic N) is 2. The van der Waals surface area contributed by atoms with E-state index in [1.54, 1.807) is 12.1 Å². The van der Waals surface area contributed by atoms with Crippen LogP contribution in [0.1, 0.15) is 18.2 Å². The molecule has 2 aromatic rings. The second-order valence-corrected chi connectivity index (χ2v) is 4.36. The smallest absolute Gasteiger partial charge is 0.164 e. The van der Waals surface area contributed by atoms with Crippen LogP contribution in [0.5, 0.6) is 0 Å². The quantitative estimate of drug-likeness (QED) is 0.906. The summed E-state index contributed by atoms with van der Waals surface area (Å²) in [6.45, 7) is 3.81. The molecule has 1 aromatic carbocycles. The van der Waals surface area contributed by atoms with Crippen LogP contribution < -0.4 is 5.73 Å². The van der Waals surface area contributed by atoms with Gasteiger partial charge in [0.1, 0.15) is 5.82 Å². The van der Waals surface area contributed by atoms with Crippen molar-refractivity contribution in [3.63, 3.8) is 0 Å². The molecule has 0 aliphatic carbocycles. The number of halogens is 2. The van der Waals surface area contributed by atoms with E-state index in [-0.39, 0.29) is 16.4 Å². The molecule has 3 nitrogen and oxygen atoms in total. The van der Waals surface area contributed by atoms with Crippen LogP contribution in [0, 0.1) is 12.7 Å². The van der Waals surface area contributed by atoms with Gasteiger partial charge >= 0.3 is 0 Å². The summed E-state index contributed by atoms with van der Waals surface area (Å²) in [7, 11) is 0. The molecule has 0 radical (unpaired) electrons. The standard InChI is InChI=1S/C13H13ClFN3/c1-3-8-7(2)17-13(18-12(8)16)9-5-4-6-10(14)11(9)15/h4-6H,3H2,1-2H3,(H2,16,17,18). The molecule has 1 heterocycles. The maximum atomic E-state index is 13.9. The lowest BCUT2D eigenvalue weighted by atomic mass is 10.1. The first-order valence-electron chi connectivity index (χ1n) is 5.62. The minimum atomic E-state index is -0.526.